The van der Waals surface area contributed by atoms with E-state index in [-0.39, 0.29) is 0 Å². The molecular formula is C9H18BrNO. The molecule has 0 N–H and O–H groups in total. The van der Waals surface area contributed by atoms with Gasteiger partial charge in [0.1, 0.15) is 0 Å². The fraction of sp³-hybridized carbons (Fsp3) is 1.00. The standard InChI is InChI=1S/C9H18BrNO/c1-12-8-7-11-5-2-3-9(10)4-6-11/h9H,2-8H2,1H3. The zero-order valence-electron chi connectivity index (χ0n) is 7.76. The number of halogens is 1. The molecule has 1 atom stereocenters. The SMILES string of the molecule is COCCN1CCCC(Br)CC1. The Morgan fingerprint density at radius 3 is 3.00 bits per heavy atom. The van der Waals surface area contributed by atoms with Gasteiger partial charge < -0.3 is 9.64 Å². The van der Waals surface area contributed by atoms with Gasteiger partial charge in [-0.25, -0.2) is 0 Å². The summed E-state index contributed by atoms with van der Waals surface area (Å²) in [5, 5.41) is 0. The molecule has 1 unspecified atom stereocenters. The van der Waals surface area contributed by atoms with Gasteiger partial charge in [-0.2, -0.15) is 0 Å². The minimum absolute atomic E-state index is 0.741. The fourth-order valence-electron chi connectivity index (χ4n) is 1.56. The largest absolute Gasteiger partial charge is 0.383 e. The maximum Gasteiger partial charge on any atom is 0.0589 e. The van der Waals surface area contributed by atoms with Crippen molar-refractivity contribution in [1.29, 1.82) is 0 Å². The molecule has 1 aliphatic rings. The number of hydrogen-bond acceptors (Lipinski definition) is 2. The summed E-state index contributed by atoms with van der Waals surface area (Å²) in [4.78, 5) is 3.23. The Morgan fingerprint density at radius 2 is 2.25 bits per heavy atom. The van der Waals surface area contributed by atoms with Crippen molar-refractivity contribution in [2.24, 2.45) is 0 Å². The highest BCUT2D eigenvalue weighted by Crippen LogP contribution is 2.17. The summed E-state index contributed by atoms with van der Waals surface area (Å²) in [5.41, 5.74) is 0. The van der Waals surface area contributed by atoms with Gasteiger partial charge in [0.05, 0.1) is 6.61 Å². The Kier molecular flexibility index (Phi) is 5.19. The first kappa shape index (κ1) is 10.5. The van der Waals surface area contributed by atoms with E-state index >= 15 is 0 Å². The van der Waals surface area contributed by atoms with Crippen LogP contribution < -0.4 is 0 Å². The number of nitrogens with zero attached hydrogens (tertiary/aromatic N) is 1. The maximum absolute atomic E-state index is 5.06. The van der Waals surface area contributed by atoms with Gasteiger partial charge in [0.25, 0.3) is 0 Å². The third-order valence-corrected chi connectivity index (χ3v) is 3.28. The van der Waals surface area contributed by atoms with Crippen LogP contribution in [0.1, 0.15) is 19.3 Å². The van der Waals surface area contributed by atoms with Crippen LogP contribution in [0.4, 0.5) is 0 Å². The average Bonchev–Trinajstić information content (AvgIpc) is 2.27. The zero-order valence-corrected chi connectivity index (χ0v) is 9.35. The van der Waals surface area contributed by atoms with Gasteiger partial charge in [0.2, 0.25) is 0 Å². The number of rotatable bonds is 3. The summed E-state index contributed by atoms with van der Waals surface area (Å²) in [6.07, 6.45) is 3.92. The van der Waals surface area contributed by atoms with Gasteiger partial charge in [-0.05, 0) is 32.4 Å². The van der Waals surface area contributed by atoms with Gasteiger partial charge >= 0.3 is 0 Å². The first-order valence-electron chi connectivity index (χ1n) is 4.68. The molecule has 0 bridgehead atoms. The molecule has 1 heterocycles. The Morgan fingerprint density at radius 1 is 1.42 bits per heavy atom. The van der Waals surface area contributed by atoms with Gasteiger partial charge in [-0.1, -0.05) is 15.9 Å². The van der Waals surface area contributed by atoms with Crippen molar-refractivity contribution >= 4 is 15.9 Å². The molecule has 0 saturated carbocycles. The van der Waals surface area contributed by atoms with Gasteiger partial charge in [0.15, 0.2) is 0 Å². The minimum Gasteiger partial charge on any atom is -0.383 e. The Hall–Kier alpha value is 0.400. The Labute approximate surface area is 83.4 Å². The van der Waals surface area contributed by atoms with Crippen LogP contribution in [0.3, 0.4) is 0 Å². The van der Waals surface area contributed by atoms with Crippen molar-refractivity contribution in [3.05, 3.63) is 0 Å². The van der Waals surface area contributed by atoms with E-state index in [9.17, 15) is 0 Å². The van der Waals surface area contributed by atoms with Crippen LogP contribution >= 0.6 is 15.9 Å². The lowest BCUT2D eigenvalue weighted by atomic mass is 10.2. The van der Waals surface area contributed by atoms with Crippen LogP contribution in [0.15, 0.2) is 0 Å². The Bertz CT molecular complexity index is 119. The van der Waals surface area contributed by atoms with Crippen LogP contribution in [-0.2, 0) is 4.74 Å². The number of likely N-dealkylation sites (tertiary alicyclic amines) is 1. The van der Waals surface area contributed by atoms with Crippen LogP contribution in [0, 0.1) is 0 Å². The first-order chi connectivity index (χ1) is 5.83. The highest BCUT2D eigenvalue weighted by Gasteiger charge is 2.13. The van der Waals surface area contributed by atoms with Gasteiger partial charge in [-0.3, -0.25) is 0 Å². The maximum atomic E-state index is 5.06. The lowest BCUT2D eigenvalue weighted by Crippen LogP contribution is -2.28. The molecule has 0 spiro atoms. The van der Waals surface area contributed by atoms with Crippen molar-refractivity contribution in [2.45, 2.75) is 24.1 Å². The molecule has 2 nitrogen and oxygen atoms in total. The molecule has 12 heavy (non-hydrogen) atoms. The van der Waals surface area contributed by atoms with Crippen LogP contribution in [0.2, 0.25) is 0 Å². The van der Waals surface area contributed by atoms with Crippen LogP contribution in [-0.4, -0.2) is 43.1 Å². The normalized spacial score (nSPS) is 27.0. The highest BCUT2D eigenvalue weighted by atomic mass is 79.9. The molecule has 3 heteroatoms. The predicted octanol–water partition coefficient (Wildman–Crippen LogP) is 1.88. The molecule has 0 amide bonds. The van der Waals surface area contributed by atoms with E-state index in [1.165, 1.54) is 32.4 Å². The number of hydrogen-bond donors (Lipinski definition) is 0. The molecule has 1 saturated heterocycles. The summed E-state index contributed by atoms with van der Waals surface area (Å²) in [7, 11) is 1.77. The molecule has 1 aliphatic heterocycles. The van der Waals surface area contributed by atoms with Crippen LogP contribution in [0.5, 0.6) is 0 Å². The van der Waals surface area contributed by atoms with Gasteiger partial charge in [0, 0.05) is 18.5 Å². The molecule has 0 aliphatic carbocycles. The van der Waals surface area contributed by atoms with E-state index in [0.29, 0.717) is 0 Å². The van der Waals surface area contributed by atoms with Crippen molar-refractivity contribution < 1.29 is 4.74 Å². The summed E-state index contributed by atoms with van der Waals surface area (Å²) < 4.78 is 5.06. The molecule has 72 valence electrons. The van der Waals surface area contributed by atoms with Gasteiger partial charge in [-0.15, -0.1) is 0 Å². The number of ether oxygens (including phenoxy) is 1. The monoisotopic (exact) mass is 235 g/mol. The van der Waals surface area contributed by atoms with Crippen molar-refractivity contribution in [2.75, 3.05) is 33.4 Å². The zero-order chi connectivity index (χ0) is 8.81. The third-order valence-electron chi connectivity index (χ3n) is 2.36. The molecule has 0 aromatic carbocycles. The second-order valence-electron chi connectivity index (χ2n) is 3.36. The van der Waals surface area contributed by atoms with E-state index in [2.05, 4.69) is 20.8 Å². The quantitative estimate of drug-likeness (QED) is 0.694. The second kappa shape index (κ2) is 5.95. The van der Waals surface area contributed by atoms with Crippen molar-refractivity contribution in [3.63, 3.8) is 0 Å². The highest BCUT2D eigenvalue weighted by molar-refractivity contribution is 9.09. The van der Waals surface area contributed by atoms with E-state index in [0.717, 1.165) is 18.0 Å². The molecule has 0 aromatic rings. The number of methoxy groups -OCH3 is 1. The molecular weight excluding hydrogens is 218 g/mol. The minimum atomic E-state index is 0.741. The topological polar surface area (TPSA) is 12.5 Å². The van der Waals surface area contributed by atoms with E-state index in [1.807, 2.05) is 0 Å². The average molecular weight is 236 g/mol. The van der Waals surface area contributed by atoms with Crippen LogP contribution in [0.25, 0.3) is 0 Å². The fourth-order valence-corrected chi connectivity index (χ4v) is 2.09. The molecule has 0 aromatic heterocycles. The van der Waals surface area contributed by atoms with Crippen molar-refractivity contribution in [3.8, 4) is 0 Å². The molecule has 1 fully saturated rings. The molecule has 1 rings (SSSR count). The summed E-state index contributed by atoms with van der Waals surface area (Å²) >= 11 is 3.68. The summed E-state index contributed by atoms with van der Waals surface area (Å²) in [6, 6.07) is 0. The molecule has 0 radical (unpaired) electrons. The smallest absolute Gasteiger partial charge is 0.0589 e. The number of alkyl halides is 1. The third kappa shape index (κ3) is 3.87. The second-order valence-corrected chi connectivity index (χ2v) is 4.66. The lowest BCUT2D eigenvalue weighted by molar-refractivity contribution is 0.150. The predicted molar refractivity (Wildman–Crippen MR) is 54.9 cm³/mol. The summed E-state index contributed by atoms with van der Waals surface area (Å²) in [6.45, 7) is 4.42. The van der Waals surface area contributed by atoms with Crippen molar-refractivity contribution in [1.82, 2.24) is 4.90 Å². The first-order valence-corrected chi connectivity index (χ1v) is 5.60. The summed E-state index contributed by atoms with van der Waals surface area (Å²) in [5.74, 6) is 0. The lowest BCUT2D eigenvalue weighted by Gasteiger charge is -2.18. The van der Waals surface area contributed by atoms with E-state index < -0.39 is 0 Å². The van der Waals surface area contributed by atoms with E-state index in [4.69, 9.17) is 4.74 Å². The Balaban J connectivity index is 2.17. The van der Waals surface area contributed by atoms with E-state index in [1.54, 1.807) is 7.11 Å².